The molecule has 9 heteroatoms. The van der Waals surface area contributed by atoms with Gasteiger partial charge in [-0.05, 0) is 55.5 Å². The van der Waals surface area contributed by atoms with Gasteiger partial charge in [0.2, 0.25) is 0 Å². The maximum atomic E-state index is 13.7. The van der Waals surface area contributed by atoms with E-state index in [1.54, 1.807) is 6.07 Å². The highest BCUT2D eigenvalue weighted by atomic mass is 16.5. The first-order chi connectivity index (χ1) is 29.8. The van der Waals surface area contributed by atoms with Crippen LogP contribution in [0.2, 0.25) is 0 Å². The number of ether oxygens (including phenoxy) is 4. The molecule has 0 aliphatic rings. The van der Waals surface area contributed by atoms with Crippen molar-refractivity contribution in [1.29, 1.82) is 0 Å². The van der Waals surface area contributed by atoms with Crippen LogP contribution in [-0.4, -0.2) is 55.4 Å². The topological polar surface area (TPSA) is 125 Å². The average Bonchev–Trinajstić information content (AvgIpc) is 3.26. The van der Waals surface area contributed by atoms with Crippen LogP contribution in [0.15, 0.2) is 30.3 Å². The van der Waals surface area contributed by atoms with Gasteiger partial charge in [0.05, 0.1) is 43.1 Å². The maximum Gasteiger partial charge on any atom is 0.342 e. The van der Waals surface area contributed by atoms with Gasteiger partial charge in [0.1, 0.15) is 11.3 Å². The van der Waals surface area contributed by atoms with Crippen LogP contribution in [0.1, 0.15) is 249 Å². The van der Waals surface area contributed by atoms with E-state index in [9.17, 15) is 24.3 Å². The Morgan fingerprint density at radius 1 is 0.377 bits per heavy atom. The highest BCUT2D eigenvalue weighted by Crippen LogP contribution is 2.36. The molecule has 0 heterocycles. The van der Waals surface area contributed by atoms with Crippen molar-refractivity contribution in [3.8, 4) is 16.9 Å². The fourth-order valence-corrected chi connectivity index (χ4v) is 7.46. The molecule has 0 aliphatic heterocycles. The lowest BCUT2D eigenvalue weighted by Gasteiger charge is -2.16. The highest BCUT2D eigenvalue weighted by molar-refractivity contribution is 6.08. The van der Waals surface area contributed by atoms with Crippen molar-refractivity contribution in [2.75, 3.05) is 26.4 Å². The number of rotatable bonds is 37. The Morgan fingerprint density at radius 2 is 0.689 bits per heavy atom. The van der Waals surface area contributed by atoms with Gasteiger partial charge in [0, 0.05) is 5.56 Å². The van der Waals surface area contributed by atoms with E-state index >= 15 is 0 Å². The number of carbonyl (C=O) groups is 4. The summed E-state index contributed by atoms with van der Waals surface area (Å²) in [4.78, 5) is 54.2. The van der Waals surface area contributed by atoms with Crippen LogP contribution < -0.4 is 0 Å². The molecule has 0 amide bonds. The molecule has 344 valence electrons. The van der Waals surface area contributed by atoms with Crippen molar-refractivity contribution < 1.29 is 43.2 Å². The third-order valence-corrected chi connectivity index (χ3v) is 11.3. The van der Waals surface area contributed by atoms with Crippen LogP contribution in [0.4, 0.5) is 0 Å². The second kappa shape index (κ2) is 34.7. The average molecular weight is 851 g/mol. The SMILES string of the molecule is CCCCCCCCCOC(=O)c1ccc(-c2ccc(C(=O)OCCCCCCCCC)c(C(=O)OCCCCCCCCC)c2O)cc1C(=O)OCCCCCCCCC. The third kappa shape index (κ3) is 22.2. The van der Waals surface area contributed by atoms with E-state index in [1.807, 2.05) is 0 Å². The van der Waals surface area contributed by atoms with Crippen LogP contribution in [0.25, 0.3) is 11.1 Å². The molecular formula is C52H82O9. The van der Waals surface area contributed by atoms with Crippen LogP contribution in [0.5, 0.6) is 5.75 Å². The molecule has 0 radical (unpaired) electrons. The lowest BCUT2D eigenvalue weighted by molar-refractivity contribution is 0.0447. The number of phenols is 1. The predicted molar refractivity (Wildman–Crippen MR) is 247 cm³/mol. The lowest BCUT2D eigenvalue weighted by Crippen LogP contribution is -2.16. The highest BCUT2D eigenvalue weighted by Gasteiger charge is 2.28. The molecule has 0 atom stereocenters. The number of unbranched alkanes of at least 4 members (excludes halogenated alkanes) is 24. The molecule has 0 aromatic heterocycles. The maximum absolute atomic E-state index is 13.7. The molecule has 0 saturated carbocycles. The number of benzene rings is 2. The summed E-state index contributed by atoms with van der Waals surface area (Å²) < 4.78 is 22.6. The molecule has 61 heavy (non-hydrogen) atoms. The summed E-state index contributed by atoms with van der Waals surface area (Å²) in [5.41, 5.74) is 0.241. The smallest absolute Gasteiger partial charge is 0.342 e. The molecule has 0 spiro atoms. The standard InChI is InChI=1S/C52H82O9/c1-5-9-13-17-21-25-29-37-58-49(54)44-34-33-42(41-46(44)51(56)60-39-31-27-23-19-15-11-7-3)43-35-36-45(50(55)59-38-30-26-22-18-14-10-6-2)47(48(43)53)52(57)61-40-32-28-24-20-16-12-8-4/h33-36,41,53H,5-32,37-40H2,1-4H3. The molecule has 2 aromatic carbocycles. The Hall–Kier alpha value is -3.88. The molecule has 2 rings (SSSR count). The number of hydrogen-bond acceptors (Lipinski definition) is 9. The van der Waals surface area contributed by atoms with Gasteiger partial charge >= 0.3 is 23.9 Å². The zero-order valence-electron chi connectivity index (χ0n) is 38.7. The van der Waals surface area contributed by atoms with Gasteiger partial charge < -0.3 is 24.1 Å². The van der Waals surface area contributed by atoms with Crippen molar-refractivity contribution in [3.05, 3.63) is 52.6 Å². The molecule has 0 aliphatic carbocycles. The zero-order valence-corrected chi connectivity index (χ0v) is 38.7. The first-order valence-electron chi connectivity index (χ1n) is 24.5. The lowest BCUT2D eigenvalue weighted by atomic mass is 9.94. The summed E-state index contributed by atoms with van der Waals surface area (Å²) in [6.45, 7) is 9.53. The molecule has 0 bridgehead atoms. The summed E-state index contributed by atoms with van der Waals surface area (Å²) >= 11 is 0. The van der Waals surface area contributed by atoms with E-state index in [4.69, 9.17) is 18.9 Å². The molecule has 1 N–H and O–H groups in total. The molecule has 2 aromatic rings. The van der Waals surface area contributed by atoms with E-state index in [2.05, 4.69) is 27.7 Å². The Kier molecular flexibility index (Phi) is 30.3. The van der Waals surface area contributed by atoms with Gasteiger partial charge in [-0.3, -0.25) is 0 Å². The number of esters is 4. The van der Waals surface area contributed by atoms with E-state index in [-0.39, 0.29) is 54.2 Å². The van der Waals surface area contributed by atoms with Crippen molar-refractivity contribution in [1.82, 2.24) is 0 Å². The van der Waals surface area contributed by atoms with Gasteiger partial charge in [-0.25, -0.2) is 19.2 Å². The molecule has 9 nitrogen and oxygen atoms in total. The number of carbonyl (C=O) groups excluding carboxylic acids is 4. The van der Waals surface area contributed by atoms with E-state index in [0.29, 0.717) is 24.8 Å². The van der Waals surface area contributed by atoms with E-state index < -0.39 is 29.6 Å². The molecule has 0 unspecified atom stereocenters. The fraction of sp³-hybridized carbons (Fsp3) is 0.692. The quantitative estimate of drug-likeness (QED) is 0.0402. The normalized spacial score (nSPS) is 11.1. The van der Waals surface area contributed by atoms with Crippen molar-refractivity contribution >= 4 is 23.9 Å². The third-order valence-electron chi connectivity index (χ3n) is 11.3. The number of hydrogen-bond donors (Lipinski definition) is 1. The minimum absolute atomic E-state index is 0.00524. The fourth-order valence-electron chi connectivity index (χ4n) is 7.46. The van der Waals surface area contributed by atoms with Crippen molar-refractivity contribution in [2.24, 2.45) is 0 Å². The van der Waals surface area contributed by atoms with Crippen LogP contribution in [-0.2, 0) is 18.9 Å². The van der Waals surface area contributed by atoms with Gasteiger partial charge in [-0.15, -0.1) is 0 Å². The van der Waals surface area contributed by atoms with E-state index in [0.717, 1.165) is 83.5 Å². The van der Waals surface area contributed by atoms with Crippen molar-refractivity contribution in [2.45, 2.75) is 207 Å². The van der Waals surface area contributed by atoms with Gasteiger partial charge in [-0.2, -0.15) is 0 Å². The summed E-state index contributed by atoms with van der Waals surface area (Å²) in [7, 11) is 0. The Bertz CT molecular complexity index is 1520. The van der Waals surface area contributed by atoms with Crippen LogP contribution in [0.3, 0.4) is 0 Å². The minimum Gasteiger partial charge on any atom is -0.506 e. The van der Waals surface area contributed by atoms with E-state index in [1.165, 1.54) is 101 Å². The van der Waals surface area contributed by atoms with Crippen molar-refractivity contribution in [3.63, 3.8) is 0 Å². The molecular weight excluding hydrogens is 769 g/mol. The molecule has 0 saturated heterocycles. The Morgan fingerprint density at radius 3 is 1.08 bits per heavy atom. The zero-order chi connectivity index (χ0) is 44.3. The summed E-state index contributed by atoms with van der Waals surface area (Å²) in [6.07, 6.45) is 29.7. The second-order valence-corrected chi connectivity index (χ2v) is 16.7. The monoisotopic (exact) mass is 851 g/mol. The van der Waals surface area contributed by atoms with Crippen LogP contribution in [0, 0.1) is 0 Å². The summed E-state index contributed by atoms with van der Waals surface area (Å²) in [6, 6.07) is 7.55. The van der Waals surface area contributed by atoms with Gasteiger partial charge in [0.15, 0.2) is 0 Å². The Labute approximate surface area is 369 Å². The summed E-state index contributed by atoms with van der Waals surface area (Å²) in [5.74, 6) is -3.31. The number of aromatic hydroxyl groups is 1. The first kappa shape index (κ1) is 53.3. The summed E-state index contributed by atoms with van der Waals surface area (Å²) in [5, 5.41) is 11.8. The number of phenolic OH excluding ortho intramolecular Hbond substituents is 1. The second-order valence-electron chi connectivity index (χ2n) is 16.7. The molecule has 0 fully saturated rings. The largest absolute Gasteiger partial charge is 0.506 e. The minimum atomic E-state index is -0.826. The van der Waals surface area contributed by atoms with Crippen LogP contribution >= 0.6 is 0 Å². The first-order valence-corrected chi connectivity index (χ1v) is 24.5. The predicted octanol–water partition coefficient (Wildman–Crippen LogP) is 14.7. The Balaban J connectivity index is 2.34. The van der Waals surface area contributed by atoms with Gasteiger partial charge in [0.25, 0.3) is 0 Å². The van der Waals surface area contributed by atoms with Gasteiger partial charge in [-0.1, -0.05) is 188 Å².